The van der Waals surface area contributed by atoms with E-state index in [0.717, 1.165) is 6.54 Å². The smallest absolute Gasteiger partial charge is 0.0323 e. The van der Waals surface area contributed by atoms with E-state index < -0.39 is 0 Å². The Bertz CT molecular complexity index is 349. The van der Waals surface area contributed by atoms with Crippen LogP contribution in [0.15, 0.2) is 24.3 Å². The lowest BCUT2D eigenvalue weighted by Crippen LogP contribution is -2.32. The van der Waals surface area contributed by atoms with Crippen molar-refractivity contribution in [1.29, 1.82) is 0 Å². The Morgan fingerprint density at radius 1 is 1.25 bits per heavy atom. The van der Waals surface area contributed by atoms with E-state index in [0.29, 0.717) is 11.5 Å². The van der Waals surface area contributed by atoms with Gasteiger partial charge in [-0.1, -0.05) is 45.0 Å². The first-order valence-corrected chi connectivity index (χ1v) is 6.37. The van der Waals surface area contributed by atoms with Crippen molar-refractivity contribution in [3.05, 3.63) is 35.4 Å². The molecule has 0 radical (unpaired) electrons. The normalized spacial score (nSPS) is 20.6. The largest absolute Gasteiger partial charge is 0.309 e. The molecule has 1 atom stereocenters. The van der Waals surface area contributed by atoms with Gasteiger partial charge in [0.2, 0.25) is 0 Å². The molecule has 88 valence electrons. The third-order valence-corrected chi connectivity index (χ3v) is 3.25. The zero-order valence-corrected chi connectivity index (χ0v) is 10.7. The van der Waals surface area contributed by atoms with Crippen LogP contribution in [0.25, 0.3) is 0 Å². The molecule has 0 fully saturated rings. The fourth-order valence-electron chi connectivity index (χ4n) is 2.40. The van der Waals surface area contributed by atoms with Crippen LogP contribution in [0.1, 0.15) is 50.8 Å². The second-order valence-corrected chi connectivity index (χ2v) is 6.09. The summed E-state index contributed by atoms with van der Waals surface area (Å²) in [6, 6.07) is 9.46. The molecule has 1 N–H and O–H groups in total. The molecule has 2 rings (SSSR count). The fourth-order valence-corrected chi connectivity index (χ4v) is 2.40. The van der Waals surface area contributed by atoms with Crippen LogP contribution < -0.4 is 5.32 Å². The Balaban J connectivity index is 2.07. The number of benzene rings is 1. The Kier molecular flexibility index (Phi) is 3.34. The zero-order valence-electron chi connectivity index (χ0n) is 10.7. The van der Waals surface area contributed by atoms with Crippen LogP contribution in [0.4, 0.5) is 0 Å². The molecule has 0 aliphatic heterocycles. The van der Waals surface area contributed by atoms with E-state index >= 15 is 0 Å². The van der Waals surface area contributed by atoms with Crippen molar-refractivity contribution in [3.63, 3.8) is 0 Å². The number of hydrogen-bond acceptors (Lipinski definition) is 1. The molecular weight excluding hydrogens is 194 g/mol. The number of aryl methyl sites for hydroxylation is 1. The van der Waals surface area contributed by atoms with Gasteiger partial charge in [0.05, 0.1) is 0 Å². The van der Waals surface area contributed by atoms with Crippen LogP contribution in [0.5, 0.6) is 0 Å². The van der Waals surface area contributed by atoms with Crippen LogP contribution in [-0.4, -0.2) is 6.54 Å². The van der Waals surface area contributed by atoms with Gasteiger partial charge in [-0.05, 0) is 35.8 Å². The zero-order chi connectivity index (χ0) is 11.6. The van der Waals surface area contributed by atoms with Gasteiger partial charge in [0.1, 0.15) is 0 Å². The Labute approximate surface area is 99.3 Å². The second kappa shape index (κ2) is 4.58. The summed E-state index contributed by atoms with van der Waals surface area (Å²) in [6.45, 7) is 7.95. The molecular formula is C15H23N. The van der Waals surface area contributed by atoms with Gasteiger partial charge in [-0.15, -0.1) is 0 Å². The van der Waals surface area contributed by atoms with Crippen LogP contribution in [0, 0.1) is 5.41 Å². The summed E-state index contributed by atoms with van der Waals surface area (Å²) in [7, 11) is 0. The van der Waals surface area contributed by atoms with Crippen molar-refractivity contribution in [3.8, 4) is 0 Å². The molecule has 1 nitrogen and oxygen atoms in total. The minimum absolute atomic E-state index is 0.367. The van der Waals surface area contributed by atoms with E-state index in [1.165, 1.54) is 24.8 Å². The standard InChI is InChI=1S/C15H23N/c1-15(2,3)11-16-14-10-6-8-12-7-4-5-9-13(12)14/h4-5,7,9,14,16H,6,8,10-11H2,1-3H3/t14-/m1/s1. The van der Waals surface area contributed by atoms with Crippen LogP contribution in [-0.2, 0) is 6.42 Å². The molecule has 1 aromatic carbocycles. The highest BCUT2D eigenvalue weighted by Gasteiger charge is 2.20. The van der Waals surface area contributed by atoms with Gasteiger partial charge in [0, 0.05) is 12.6 Å². The number of rotatable bonds is 2. The third-order valence-electron chi connectivity index (χ3n) is 3.25. The van der Waals surface area contributed by atoms with E-state index in [-0.39, 0.29) is 0 Å². The number of nitrogens with one attached hydrogen (secondary N) is 1. The predicted octanol–water partition coefficient (Wildman–Crippen LogP) is 3.70. The molecule has 1 aromatic rings. The van der Waals surface area contributed by atoms with Crippen LogP contribution in [0.3, 0.4) is 0 Å². The van der Waals surface area contributed by atoms with Crippen LogP contribution >= 0.6 is 0 Å². The van der Waals surface area contributed by atoms with Crippen LogP contribution in [0.2, 0.25) is 0 Å². The van der Waals surface area contributed by atoms with Crippen molar-refractivity contribution >= 4 is 0 Å². The van der Waals surface area contributed by atoms with Gasteiger partial charge in [-0.3, -0.25) is 0 Å². The van der Waals surface area contributed by atoms with Gasteiger partial charge in [-0.25, -0.2) is 0 Å². The van der Waals surface area contributed by atoms with E-state index in [2.05, 4.69) is 50.4 Å². The molecule has 0 saturated carbocycles. The van der Waals surface area contributed by atoms with E-state index in [1.54, 1.807) is 5.56 Å². The molecule has 0 saturated heterocycles. The van der Waals surface area contributed by atoms with Crippen molar-refractivity contribution < 1.29 is 0 Å². The maximum absolute atomic E-state index is 3.72. The summed E-state index contributed by atoms with van der Waals surface area (Å²) in [4.78, 5) is 0. The van der Waals surface area contributed by atoms with E-state index in [1.807, 2.05) is 0 Å². The lowest BCUT2D eigenvalue weighted by atomic mass is 9.87. The topological polar surface area (TPSA) is 12.0 Å². The van der Waals surface area contributed by atoms with Crippen molar-refractivity contribution in [1.82, 2.24) is 5.32 Å². The molecule has 0 unspecified atom stereocenters. The summed E-state index contributed by atoms with van der Waals surface area (Å²) >= 11 is 0. The highest BCUT2D eigenvalue weighted by Crippen LogP contribution is 2.30. The third kappa shape index (κ3) is 2.85. The summed E-state index contributed by atoms with van der Waals surface area (Å²) in [5, 5.41) is 3.72. The monoisotopic (exact) mass is 217 g/mol. The number of fused-ring (bicyclic) bond motifs is 1. The molecule has 0 spiro atoms. The summed E-state index contributed by atoms with van der Waals surface area (Å²) in [5.41, 5.74) is 3.44. The van der Waals surface area contributed by atoms with Crippen molar-refractivity contribution in [2.45, 2.75) is 46.1 Å². The minimum atomic E-state index is 0.367. The molecule has 0 amide bonds. The predicted molar refractivity (Wildman–Crippen MR) is 69.6 cm³/mol. The van der Waals surface area contributed by atoms with Crippen molar-refractivity contribution in [2.24, 2.45) is 5.41 Å². The molecule has 0 bridgehead atoms. The average Bonchev–Trinajstić information content (AvgIpc) is 2.25. The first kappa shape index (κ1) is 11.7. The molecule has 1 heteroatoms. The highest BCUT2D eigenvalue weighted by molar-refractivity contribution is 5.32. The molecule has 1 aliphatic rings. The number of hydrogen-bond donors (Lipinski definition) is 1. The fraction of sp³-hybridized carbons (Fsp3) is 0.600. The maximum Gasteiger partial charge on any atom is 0.0323 e. The van der Waals surface area contributed by atoms with Gasteiger partial charge in [-0.2, -0.15) is 0 Å². The van der Waals surface area contributed by atoms with E-state index in [4.69, 9.17) is 0 Å². The Hall–Kier alpha value is -0.820. The first-order valence-electron chi connectivity index (χ1n) is 6.37. The first-order chi connectivity index (χ1) is 7.56. The summed E-state index contributed by atoms with van der Waals surface area (Å²) in [5.74, 6) is 0. The quantitative estimate of drug-likeness (QED) is 0.796. The highest BCUT2D eigenvalue weighted by atomic mass is 14.9. The lowest BCUT2D eigenvalue weighted by Gasteiger charge is -2.29. The summed E-state index contributed by atoms with van der Waals surface area (Å²) < 4.78 is 0. The van der Waals surface area contributed by atoms with Gasteiger partial charge in [0.25, 0.3) is 0 Å². The lowest BCUT2D eigenvalue weighted by molar-refractivity contribution is 0.337. The molecule has 0 aromatic heterocycles. The van der Waals surface area contributed by atoms with E-state index in [9.17, 15) is 0 Å². The van der Waals surface area contributed by atoms with Gasteiger partial charge >= 0.3 is 0 Å². The molecule has 0 heterocycles. The maximum atomic E-state index is 3.72. The van der Waals surface area contributed by atoms with Gasteiger partial charge in [0.15, 0.2) is 0 Å². The minimum Gasteiger partial charge on any atom is -0.309 e. The van der Waals surface area contributed by atoms with Crippen molar-refractivity contribution in [2.75, 3.05) is 6.54 Å². The molecule has 16 heavy (non-hydrogen) atoms. The Morgan fingerprint density at radius 3 is 2.75 bits per heavy atom. The second-order valence-electron chi connectivity index (χ2n) is 6.09. The summed E-state index contributed by atoms with van der Waals surface area (Å²) in [6.07, 6.45) is 3.86. The van der Waals surface area contributed by atoms with Gasteiger partial charge < -0.3 is 5.32 Å². The average molecular weight is 217 g/mol. The Morgan fingerprint density at radius 2 is 2.00 bits per heavy atom. The molecule has 1 aliphatic carbocycles. The SMILES string of the molecule is CC(C)(C)CN[C@@H]1CCCc2ccccc21.